The minimum absolute atomic E-state index is 0.0109. The molecule has 0 saturated carbocycles. The molecule has 11 heteroatoms. The van der Waals surface area contributed by atoms with Gasteiger partial charge in [0.25, 0.3) is 0 Å². The van der Waals surface area contributed by atoms with Gasteiger partial charge in [-0.15, -0.1) is 0 Å². The van der Waals surface area contributed by atoms with Crippen molar-refractivity contribution in [2.75, 3.05) is 11.6 Å². The van der Waals surface area contributed by atoms with Crippen LogP contribution in [-0.4, -0.2) is 24.2 Å². The Kier molecular flexibility index (Phi) is 5.90. The van der Waals surface area contributed by atoms with Gasteiger partial charge in [0.05, 0.1) is 11.4 Å². The zero-order valence-corrected chi connectivity index (χ0v) is 17.4. The molecule has 0 unspecified atom stereocenters. The van der Waals surface area contributed by atoms with E-state index in [2.05, 4.69) is 10.3 Å². The molecule has 0 fully saturated rings. The van der Waals surface area contributed by atoms with Crippen molar-refractivity contribution in [3.63, 3.8) is 0 Å². The van der Waals surface area contributed by atoms with E-state index in [1.165, 1.54) is 12.1 Å². The fourth-order valence-corrected chi connectivity index (χ4v) is 3.60. The summed E-state index contributed by atoms with van der Waals surface area (Å²) in [5.41, 5.74) is 0.301. The summed E-state index contributed by atoms with van der Waals surface area (Å²) in [5, 5.41) is 2.78. The van der Waals surface area contributed by atoms with Crippen LogP contribution in [0, 0.1) is 37.1 Å². The second kappa shape index (κ2) is 8.14. The Labute approximate surface area is 175 Å². The first kappa shape index (κ1) is 22.5. The van der Waals surface area contributed by atoms with Crippen LogP contribution < -0.4 is 10.9 Å². The van der Waals surface area contributed by atoms with Gasteiger partial charge in [-0.05, 0) is 54.8 Å². The van der Waals surface area contributed by atoms with E-state index in [0.717, 1.165) is 29.2 Å². The summed E-state index contributed by atoms with van der Waals surface area (Å²) in [4.78, 5) is 15.4. The molecule has 0 aliphatic heterocycles. The average Bonchev–Trinajstić information content (AvgIpc) is 2.66. The van der Waals surface area contributed by atoms with Crippen molar-refractivity contribution >= 4 is 21.5 Å². The van der Waals surface area contributed by atoms with Crippen molar-refractivity contribution in [3.8, 4) is 0 Å². The molecular formula is C20H17F4N3O3S. The Balaban J connectivity index is 2.10. The molecular weight excluding hydrogens is 438 g/mol. The Hall–Kier alpha value is -3.21. The lowest BCUT2D eigenvalue weighted by Gasteiger charge is -2.17. The number of sulfone groups is 1. The Morgan fingerprint density at radius 2 is 1.61 bits per heavy atom. The van der Waals surface area contributed by atoms with E-state index in [1.54, 1.807) is 13.8 Å². The number of nitrogens with zero attached hydrogens (tertiary/aromatic N) is 2. The van der Waals surface area contributed by atoms with Gasteiger partial charge in [-0.25, -0.2) is 21.6 Å². The highest BCUT2D eigenvalue weighted by molar-refractivity contribution is 7.90. The molecule has 164 valence electrons. The molecule has 31 heavy (non-hydrogen) atoms. The van der Waals surface area contributed by atoms with E-state index in [0.29, 0.717) is 11.1 Å². The predicted octanol–water partition coefficient (Wildman–Crippen LogP) is 3.61. The van der Waals surface area contributed by atoms with Gasteiger partial charge in [-0.1, -0.05) is 0 Å². The van der Waals surface area contributed by atoms with Crippen LogP contribution in [0.15, 0.2) is 40.2 Å². The number of aromatic nitrogens is 2. The van der Waals surface area contributed by atoms with Crippen molar-refractivity contribution in [2.45, 2.75) is 25.3 Å². The maximum Gasteiger partial charge on any atom is 0.310 e. The molecule has 6 nitrogen and oxygen atoms in total. The van der Waals surface area contributed by atoms with E-state index in [9.17, 15) is 30.8 Å². The number of hydrogen-bond donors (Lipinski definition) is 1. The van der Waals surface area contributed by atoms with Gasteiger partial charge in [-0.2, -0.15) is 9.37 Å². The molecule has 1 aromatic heterocycles. The molecule has 0 aliphatic rings. The number of aryl methyl sites for hydroxylation is 1. The lowest BCUT2D eigenvalue weighted by molar-refractivity contribution is 0.444. The SMILES string of the molecule is Cc1cc(S(C)(=O)=O)cc(Nc2nc(=O)c(F)cn2Cc2cc(F)c(F)c(F)c2)c1C. The van der Waals surface area contributed by atoms with Crippen molar-refractivity contribution in [2.24, 2.45) is 0 Å². The van der Waals surface area contributed by atoms with E-state index >= 15 is 0 Å². The van der Waals surface area contributed by atoms with Crippen LogP contribution in [-0.2, 0) is 16.4 Å². The minimum Gasteiger partial charge on any atom is -0.325 e. The van der Waals surface area contributed by atoms with Crippen LogP contribution in [0.2, 0.25) is 0 Å². The molecule has 3 rings (SSSR count). The highest BCUT2D eigenvalue weighted by Gasteiger charge is 2.16. The lowest BCUT2D eigenvalue weighted by Crippen LogP contribution is -2.20. The van der Waals surface area contributed by atoms with Crippen LogP contribution in [0.25, 0.3) is 0 Å². The summed E-state index contributed by atoms with van der Waals surface area (Å²) in [6, 6.07) is 4.27. The zero-order valence-electron chi connectivity index (χ0n) is 16.6. The van der Waals surface area contributed by atoms with Gasteiger partial charge in [0.2, 0.25) is 11.8 Å². The maximum atomic E-state index is 13.9. The second-order valence-electron chi connectivity index (χ2n) is 7.03. The van der Waals surface area contributed by atoms with Crippen molar-refractivity contribution in [3.05, 3.63) is 80.8 Å². The molecule has 0 aliphatic carbocycles. The first-order valence-electron chi connectivity index (χ1n) is 8.85. The summed E-state index contributed by atoms with van der Waals surface area (Å²) in [7, 11) is -3.55. The predicted molar refractivity (Wildman–Crippen MR) is 106 cm³/mol. The Bertz CT molecular complexity index is 1330. The monoisotopic (exact) mass is 455 g/mol. The van der Waals surface area contributed by atoms with Gasteiger partial charge in [0.15, 0.2) is 27.3 Å². The molecule has 2 aromatic carbocycles. The third kappa shape index (κ3) is 4.76. The van der Waals surface area contributed by atoms with Crippen molar-refractivity contribution in [1.29, 1.82) is 0 Å². The average molecular weight is 455 g/mol. The van der Waals surface area contributed by atoms with Crippen LogP contribution in [0.5, 0.6) is 0 Å². The van der Waals surface area contributed by atoms with Crippen LogP contribution >= 0.6 is 0 Å². The third-order valence-electron chi connectivity index (χ3n) is 4.67. The molecule has 0 amide bonds. The molecule has 0 saturated heterocycles. The first-order valence-corrected chi connectivity index (χ1v) is 10.7. The first-order chi connectivity index (χ1) is 14.4. The van der Waals surface area contributed by atoms with Gasteiger partial charge < -0.3 is 9.88 Å². The second-order valence-corrected chi connectivity index (χ2v) is 9.04. The number of hydrogen-bond acceptors (Lipinski definition) is 5. The normalized spacial score (nSPS) is 11.6. The minimum atomic E-state index is -3.55. The highest BCUT2D eigenvalue weighted by atomic mass is 32.2. The molecule has 0 radical (unpaired) electrons. The van der Waals surface area contributed by atoms with Crippen molar-refractivity contribution in [1.82, 2.24) is 9.55 Å². The third-order valence-corrected chi connectivity index (χ3v) is 5.76. The van der Waals surface area contributed by atoms with Gasteiger partial charge in [0.1, 0.15) is 0 Å². The van der Waals surface area contributed by atoms with E-state index in [4.69, 9.17) is 0 Å². The summed E-state index contributed by atoms with van der Waals surface area (Å²) in [6.07, 6.45) is 1.81. The number of anilines is 2. The smallest absolute Gasteiger partial charge is 0.310 e. The van der Waals surface area contributed by atoms with Gasteiger partial charge in [0, 0.05) is 18.1 Å². The topological polar surface area (TPSA) is 81.1 Å². The van der Waals surface area contributed by atoms with Crippen molar-refractivity contribution < 1.29 is 26.0 Å². The van der Waals surface area contributed by atoms with E-state index in [1.807, 2.05) is 0 Å². The summed E-state index contributed by atoms with van der Waals surface area (Å²) in [5.74, 6) is -5.91. The number of benzene rings is 2. The molecule has 1 heterocycles. The number of rotatable bonds is 5. The fourth-order valence-electron chi connectivity index (χ4n) is 2.87. The van der Waals surface area contributed by atoms with Crippen LogP contribution in [0.4, 0.5) is 29.2 Å². The molecule has 1 N–H and O–H groups in total. The molecule has 3 aromatic rings. The molecule has 0 spiro atoms. The standard InChI is InChI=1S/C20H17F4N3O3S/c1-10-4-13(31(3,29)30)7-17(11(10)2)25-20-26-19(28)16(23)9-27(20)8-12-5-14(21)18(24)15(22)6-12/h4-7,9H,8H2,1-3H3,(H,25,26,28). The Morgan fingerprint density at radius 1 is 1.00 bits per heavy atom. The summed E-state index contributed by atoms with van der Waals surface area (Å²) in [6.45, 7) is 3.02. The van der Waals surface area contributed by atoms with Gasteiger partial charge in [-0.3, -0.25) is 4.79 Å². The maximum absolute atomic E-state index is 13.9. The van der Waals surface area contributed by atoms with Gasteiger partial charge >= 0.3 is 5.56 Å². The lowest BCUT2D eigenvalue weighted by atomic mass is 10.1. The molecule has 0 bridgehead atoms. The number of nitrogens with one attached hydrogen (secondary N) is 1. The quantitative estimate of drug-likeness (QED) is 0.470. The number of halogens is 4. The largest absolute Gasteiger partial charge is 0.325 e. The van der Waals surface area contributed by atoms with E-state index in [-0.39, 0.29) is 28.6 Å². The fraction of sp³-hybridized carbons (Fsp3) is 0.200. The van der Waals surface area contributed by atoms with Crippen LogP contribution in [0.1, 0.15) is 16.7 Å². The van der Waals surface area contributed by atoms with E-state index < -0.39 is 38.7 Å². The summed E-state index contributed by atoms with van der Waals surface area (Å²) < 4.78 is 79.2. The zero-order chi connectivity index (χ0) is 23.1. The Morgan fingerprint density at radius 3 is 2.19 bits per heavy atom. The molecule has 0 atom stereocenters. The highest BCUT2D eigenvalue weighted by Crippen LogP contribution is 2.27. The summed E-state index contributed by atoms with van der Waals surface area (Å²) >= 11 is 0. The van der Waals surface area contributed by atoms with Crippen LogP contribution in [0.3, 0.4) is 0 Å².